The van der Waals surface area contributed by atoms with Gasteiger partial charge in [0.05, 0.1) is 5.60 Å². The molecule has 0 aliphatic rings. The second kappa shape index (κ2) is 7.99. The molecule has 0 heterocycles. The number of benzene rings is 1. The van der Waals surface area contributed by atoms with Crippen LogP contribution in [0.3, 0.4) is 0 Å². The van der Waals surface area contributed by atoms with Crippen LogP contribution in [0.25, 0.3) is 0 Å². The first-order valence-corrected chi connectivity index (χ1v) is 7.60. The van der Waals surface area contributed by atoms with E-state index >= 15 is 0 Å². The van der Waals surface area contributed by atoms with Gasteiger partial charge in [0.25, 0.3) is 0 Å². The number of hydrogen-bond donors (Lipinski definition) is 2. The van der Waals surface area contributed by atoms with E-state index in [-0.39, 0.29) is 6.04 Å². The molecule has 0 aromatic heterocycles. The zero-order valence-electron chi connectivity index (χ0n) is 13.0. The number of nitrogens with one attached hydrogen (secondary N) is 1. The highest BCUT2D eigenvalue weighted by atomic mass is 35.5. The van der Waals surface area contributed by atoms with E-state index in [9.17, 15) is 5.11 Å². The van der Waals surface area contributed by atoms with Gasteiger partial charge in [-0.2, -0.15) is 0 Å². The minimum Gasteiger partial charge on any atom is -0.389 e. The first kappa shape index (κ1) is 17.4. The molecule has 1 aromatic carbocycles. The van der Waals surface area contributed by atoms with Gasteiger partial charge in [-0.1, -0.05) is 36.7 Å². The van der Waals surface area contributed by atoms with Crippen molar-refractivity contribution in [2.45, 2.75) is 38.8 Å². The Labute approximate surface area is 127 Å². The molecular weight excluding hydrogens is 272 g/mol. The topological polar surface area (TPSA) is 35.5 Å². The molecule has 2 N–H and O–H groups in total. The number of nitrogens with zero attached hydrogens (tertiary/aromatic N) is 1. The number of aliphatic hydroxyl groups is 1. The van der Waals surface area contributed by atoms with Crippen molar-refractivity contribution < 1.29 is 5.11 Å². The summed E-state index contributed by atoms with van der Waals surface area (Å²) < 4.78 is 0. The maximum absolute atomic E-state index is 9.84. The van der Waals surface area contributed by atoms with Crippen LogP contribution in [0.15, 0.2) is 24.3 Å². The van der Waals surface area contributed by atoms with Crippen molar-refractivity contribution in [1.29, 1.82) is 0 Å². The average molecular weight is 299 g/mol. The molecule has 0 bridgehead atoms. The van der Waals surface area contributed by atoms with Crippen molar-refractivity contribution in [2.24, 2.45) is 0 Å². The number of likely N-dealkylation sites (N-methyl/N-ethyl adjacent to an activating group) is 1. The largest absolute Gasteiger partial charge is 0.389 e. The fraction of sp³-hybridized carbons (Fsp3) is 0.625. The highest BCUT2D eigenvalue weighted by molar-refractivity contribution is 6.31. The standard InChI is InChI=1S/C16H27ClN2O/c1-5-18-15(13-8-6-7-9-14(13)17)10-11-19(4)12-16(2,3)20/h6-9,15,18,20H,5,10-12H2,1-4H3. The quantitative estimate of drug-likeness (QED) is 0.774. The van der Waals surface area contributed by atoms with Gasteiger partial charge < -0.3 is 15.3 Å². The van der Waals surface area contributed by atoms with Crippen molar-refractivity contribution in [3.63, 3.8) is 0 Å². The van der Waals surface area contributed by atoms with Crippen LogP contribution in [0.4, 0.5) is 0 Å². The van der Waals surface area contributed by atoms with Gasteiger partial charge in [0.1, 0.15) is 0 Å². The first-order chi connectivity index (χ1) is 9.33. The maximum atomic E-state index is 9.84. The van der Waals surface area contributed by atoms with Gasteiger partial charge in [-0.05, 0) is 52.0 Å². The van der Waals surface area contributed by atoms with Gasteiger partial charge in [0.2, 0.25) is 0 Å². The second-order valence-electron chi connectivity index (χ2n) is 5.97. The summed E-state index contributed by atoms with van der Waals surface area (Å²) in [5.74, 6) is 0. The van der Waals surface area contributed by atoms with Crippen LogP contribution in [0.2, 0.25) is 5.02 Å². The van der Waals surface area contributed by atoms with E-state index < -0.39 is 5.60 Å². The number of rotatable bonds is 8. The number of halogens is 1. The van der Waals surface area contributed by atoms with Crippen LogP contribution in [-0.2, 0) is 0 Å². The molecule has 3 nitrogen and oxygen atoms in total. The van der Waals surface area contributed by atoms with Gasteiger partial charge in [0.15, 0.2) is 0 Å². The molecule has 114 valence electrons. The van der Waals surface area contributed by atoms with E-state index in [2.05, 4.69) is 23.2 Å². The summed E-state index contributed by atoms with van der Waals surface area (Å²) in [6.07, 6.45) is 0.962. The fourth-order valence-electron chi connectivity index (χ4n) is 2.46. The normalized spacial score (nSPS) is 13.8. The summed E-state index contributed by atoms with van der Waals surface area (Å²) in [5.41, 5.74) is 0.486. The molecule has 1 unspecified atom stereocenters. The van der Waals surface area contributed by atoms with Crippen LogP contribution in [-0.4, -0.2) is 42.3 Å². The lowest BCUT2D eigenvalue weighted by Gasteiger charge is -2.27. The summed E-state index contributed by atoms with van der Waals surface area (Å²) in [6, 6.07) is 8.23. The first-order valence-electron chi connectivity index (χ1n) is 7.22. The van der Waals surface area contributed by atoms with Crippen LogP contribution in [0.1, 0.15) is 38.8 Å². The fourth-order valence-corrected chi connectivity index (χ4v) is 2.73. The Bertz CT molecular complexity index is 404. The summed E-state index contributed by atoms with van der Waals surface area (Å²) in [5, 5.41) is 14.1. The lowest BCUT2D eigenvalue weighted by Crippen LogP contribution is -2.37. The highest BCUT2D eigenvalue weighted by Crippen LogP contribution is 2.25. The molecule has 20 heavy (non-hydrogen) atoms. The SMILES string of the molecule is CCNC(CCN(C)CC(C)(C)O)c1ccccc1Cl. The van der Waals surface area contributed by atoms with Gasteiger partial charge in [-0.25, -0.2) is 0 Å². The Morgan fingerprint density at radius 1 is 1.35 bits per heavy atom. The Kier molecular flexibility index (Phi) is 6.96. The Balaban J connectivity index is 2.62. The van der Waals surface area contributed by atoms with Gasteiger partial charge in [-0.15, -0.1) is 0 Å². The van der Waals surface area contributed by atoms with Crippen LogP contribution >= 0.6 is 11.6 Å². The molecular formula is C16H27ClN2O. The molecule has 0 aliphatic heterocycles. The molecule has 4 heteroatoms. The lowest BCUT2D eigenvalue weighted by atomic mass is 10.0. The van der Waals surface area contributed by atoms with Crippen molar-refractivity contribution in [3.05, 3.63) is 34.9 Å². The van der Waals surface area contributed by atoms with Gasteiger partial charge in [0, 0.05) is 17.6 Å². The molecule has 1 aromatic rings. The molecule has 0 amide bonds. The van der Waals surface area contributed by atoms with Crippen molar-refractivity contribution in [1.82, 2.24) is 10.2 Å². The monoisotopic (exact) mass is 298 g/mol. The van der Waals surface area contributed by atoms with E-state index in [0.29, 0.717) is 6.54 Å². The predicted octanol–water partition coefficient (Wildman–Crippen LogP) is 3.08. The molecule has 0 saturated carbocycles. The second-order valence-corrected chi connectivity index (χ2v) is 6.38. The summed E-state index contributed by atoms with van der Waals surface area (Å²) in [6.45, 7) is 8.25. The van der Waals surface area contributed by atoms with Gasteiger partial charge in [-0.3, -0.25) is 0 Å². The van der Waals surface area contributed by atoms with Crippen LogP contribution in [0.5, 0.6) is 0 Å². The zero-order chi connectivity index (χ0) is 15.2. The third kappa shape index (κ3) is 6.23. The lowest BCUT2D eigenvalue weighted by molar-refractivity contribution is 0.0436. The van der Waals surface area contributed by atoms with Crippen LogP contribution in [0, 0.1) is 0 Å². The zero-order valence-corrected chi connectivity index (χ0v) is 13.7. The van der Waals surface area contributed by atoms with Crippen LogP contribution < -0.4 is 5.32 Å². The summed E-state index contributed by atoms with van der Waals surface area (Å²) in [4.78, 5) is 2.15. The summed E-state index contributed by atoms with van der Waals surface area (Å²) >= 11 is 6.28. The molecule has 0 aliphatic carbocycles. The maximum Gasteiger partial charge on any atom is 0.0718 e. The smallest absolute Gasteiger partial charge is 0.0718 e. The van der Waals surface area contributed by atoms with E-state index in [1.54, 1.807) is 0 Å². The molecule has 0 radical (unpaired) electrons. The predicted molar refractivity (Wildman–Crippen MR) is 86.3 cm³/mol. The molecule has 1 atom stereocenters. The third-order valence-corrected chi connectivity index (χ3v) is 3.53. The van der Waals surface area contributed by atoms with E-state index in [1.165, 1.54) is 0 Å². The highest BCUT2D eigenvalue weighted by Gasteiger charge is 2.18. The van der Waals surface area contributed by atoms with E-state index in [4.69, 9.17) is 11.6 Å². The molecule has 0 saturated heterocycles. The Hall–Kier alpha value is -0.610. The number of hydrogen-bond acceptors (Lipinski definition) is 3. The molecule has 0 spiro atoms. The molecule has 1 rings (SSSR count). The van der Waals surface area contributed by atoms with Crippen molar-refractivity contribution >= 4 is 11.6 Å². The average Bonchev–Trinajstić information content (AvgIpc) is 2.33. The minimum absolute atomic E-state index is 0.248. The minimum atomic E-state index is -0.660. The van der Waals surface area contributed by atoms with Gasteiger partial charge >= 0.3 is 0 Å². The molecule has 0 fully saturated rings. The van der Waals surface area contributed by atoms with E-state index in [1.807, 2.05) is 39.1 Å². The Morgan fingerprint density at radius 2 is 2.00 bits per heavy atom. The Morgan fingerprint density at radius 3 is 2.55 bits per heavy atom. The third-order valence-electron chi connectivity index (χ3n) is 3.19. The van der Waals surface area contributed by atoms with Crippen molar-refractivity contribution in [2.75, 3.05) is 26.7 Å². The summed E-state index contributed by atoms with van der Waals surface area (Å²) in [7, 11) is 2.04. The van der Waals surface area contributed by atoms with Crippen molar-refractivity contribution in [3.8, 4) is 0 Å². The van der Waals surface area contributed by atoms with E-state index in [0.717, 1.165) is 30.1 Å².